The van der Waals surface area contributed by atoms with Gasteiger partial charge in [0.15, 0.2) is 0 Å². The molecule has 1 aromatic carbocycles. The average molecular weight is 409 g/mol. The van der Waals surface area contributed by atoms with Gasteiger partial charge in [-0.1, -0.05) is 6.07 Å². The van der Waals surface area contributed by atoms with Gasteiger partial charge in [-0.25, -0.2) is 12.8 Å². The summed E-state index contributed by atoms with van der Waals surface area (Å²) in [5.74, 6) is -1.04. The molecule has 150 valence electrons. The molecule has 1 amide bonds. The number of anilines is 1. The first-order valence-corrected chi connectivity index (χ1v) is 10.1. The molecule has 0 spiro atoms. The minimum atomic E-state index is -3.79. The topological polar surface area (TPSA) is 97.7 Å². The van der Waals surface area contributed by atoms with Gasteiger partial charge in [0.1, 0.15) is 12.4 Å². The molecule has 0 saturated carbocycles. The number of aromatic nitrogens is 1. The van der Waals surface area contributed by atoms with E-state index in [1.54, 1.807) is 13.0 Å². The van der Waals surface area contributed by atoms with Crippen LogP contribution in [0.3, 0.4) is 0 Å². The normalized spacial score (nSPS) is 15.4. The molecule has 8 nitrogen and oxygen atoms in total. The SMILES string of the molecule is Cc1ccc(NC(=O)Cn2cc(S(=O)(=O)N3CCOCC3)ccc2=O)cc1F. The second-order valence-electron chi connectivity index (χ2n) is 6.36. The first-order chi connectivity index (χ1) is 13.3. The number of carbonyl (C=O) groups excluding carboxylic acids is 1. The highest BCUT2D eigenvalue weighted by molar-refractivity contribution is 7.89. The maximum absolute atomic E-state index is 13.6. The molecule has 3 rings (SSSR count). The zero-order chi connectivity index (χ0) is 20.3. The second kappa shape index (κ2) is 8.21. The van der Waals surface area contributed by atoms with Gasteiger partial charge in [0.25, 0.3) is 5.56 Å². The van der Waals surface area contributed by atoms with E-state index in [4.69, 9.17) is 4.74 Å². The van der Waals surface area contributed by atoms with E-state index in [-0.39, 0.29) is 23.7 Å². The Morgan fingerprint density at radius 3 is 2.61 bits per heavy atom. The van der Waals surface area contributed by atoms with E-state index in [9.17, 15) is 22.4 Å². The van der Waals surface area contributed by atoms with Crippen molar-refractivity contribution in [2.45, 2.75) is 18.4 Å². The molecule has 10 heteroatoms. The summed E-state index contributed by atoms with van der Waals surface area (Å²) in [4.78, 5) is 24.2. The lowest BCUT2D eigenvalue weighted by Crippen LogP contribution is -2.41. The van der Waals surface area contributed by atoms with E-state index < -0.39 is 33.9 Å². The highest BCUT2D eigenvalue weighted by Crippen LogP contribution is 2.16. The Bertz CT molecular complexity index is 1050. The first kappa shape index (κ1) is 20.2. The van der Waals surface area contributed by atoms with Crippen molar-refractivity contribution >= 4 is 21.6 Å². The third kappa shape index (κ3) is 4.46. The number of amides is 1. The standard InChI is InChI=1S/C18H20FN3O5S/c1-13-2-3-14(10-16(13)19)20-17(23)12-21-11-15(4-5-18(21)24)28(25,26)22-6-8-27-9-7-22/h2-5,10-11H,6-9,12H2,1H3,(H,20,23). The number of rotatable bonds is 5. The number of ether oxygens (including phenoxy) is 1. The van der Waals surface area contributed by atoms with Gasteiger partial charge in [0, 0.05) is 31.0 Å². The van der Waals surface area contributed by atoms with Gasteiger partial charge in [0.05, 0.1) is 18.1 Å². The van der Waals surface area contributed by atoms with Gasteiger partial charge in [0.2, 0.25) is 15.9 Å². The fourth-order valence-corrected chi connectivity index (χ4v) is 4.18. The van der Waals surface area contributed by atoms with E-state index in [2.05, 4.69) is 5.32 Å². The van der Waals surface area contributed by atoms with E-state index in [1.165, 1.54) is 22.5 Å². The first-order valence-electron chi connectivity index (χ1n) is 8.62. The molecule has 0 aliphatic carbocycles. The lowest BCUT2D eigenvalue weighted by Gasteiger charge is -2.26. The molecular formula is C18H20FN3O5S. The fraction of sp³-hybridized carbons (Fsp3) is 0.333. The molecule has 1 N–H and O–H groups in total. The molecule has 1 fully saturated rings. The summed E-state index contributed by atoms with van der Waals surface area (Å²) in [6, 6.07) is 6.56. The van der Waals surface area contributed by atoms with Gasteiger partial charge in [-0.3, -0.25) is 9.59 Å². The number of carbonyl (C=O) groups is 1. The van der Waals surface area contributed by atoms with Gasteiger partial charge in [-0.15, -0.1) is 0 Å². The summed E-state index contributed by atoms with van der Waals surface area (Å²) in [5.41, 5.74) is 0.166. The third-order valence-corrected chi connectivity index (χ3v) is 6.22. The monoisotopic (exact) mass is 409 g/mol. The van der Waals surface area contributed by atoms with Crippen molar-refractivity contribution in [1.29, 1.82) is 0 Å². The second-order valence-corrected chi connectivity index (χ2v) is 8.30. The van der Waals surface area contributed by atoms with Crippen LogP contribution in [0.25, 0.3) is 0 Å². The Hall–Kier alpha value is -2.56. The van der Waals surface area contributed by atoms with Crippen LogP contribution in [-0.2, 0) is 26.1 Å². The molecule has 0 radical (unpaired) electrons. The van der Waals surface area contributed by atoms with Crippen molar-refractivity contribution < 1.29 is 22.3 Å². The van der Waals surface area contributed by atoms with Crippen LogP contribution in [0.4, 0.5) is 10.1 Å². The number of nitrogens with zero attached hydrogens (tertiary/aromatic N) is 2. The quantitative estimate of drug-likeness (QED) is 0.793. The Morgan fingerprint density at radius 2 is 1.93 bits per heavy atom. The van der Waals surface area contributed by atoms with Gasteiger partial charge >= 0.3 is 0 Å². The van der Waals surface area contributed by atoms with Gasteiger partial charge in [-0.2, -0.15) is 4.31 Å². The molecule has 0 atom stereocenters. The number of benzene rings is 1. The zero-order valence-electron chi connectivity index (χ0n) is 15.2. The van der Waals surface area contributed by atoms with Crippen molar-refractivity contribution in [3.63, 3.8) is 0 Å². The molecule has 2 heterocycles. The van der Waals surface area contributed by atoms with E-state index >= 15 is 0 Å². The zero-order valence-corrected chi connectivity index (χ0v) is 16.0. The molecule has 1 aliphatic rings. The van der Waals surface area contributed by atoms with Crippen LogP contribution in [0, 0.1) is 12.7 Å². The van der Waals surface area contributed by atoms with Crippen LogP contribution in [0.5, 0.6) is 0 Å². The molecule has 1 aliphatic heterocycles. The number of hydrogen-bond acceptors (Lipinski definition) is 5. The van der Waals surface area contributed by atoms with Crippen molar-refractivity contribution in [2.75, 3.05) is 31.6 Å². The maximum Gasteiger partial charge on any atom is 0.251 e. The fourth-order valence-electron chi connectivity index (χ4n) is 2.75. The number of aryl methyl sites for hydroxylation is 1. The van der Waals surface area contributed by atoms with E-state index in [0.29, 0.717) is 18.8 Å². The van der Waals surface area contributed by atoms with Crippen molar-refractivity contribution in [3.05, 3.63) is 58.3 Å². The predicted molar refractivity (Wildman–Crippen MR) is 100 cm³/mol. The minimum absolute atomic E-state index is 0.0804. The van der Waals surface area contributed by atoms with Gasteiger partial charge in [-0.05, 0) is 30.7 Å². The molecule has 28 heavy (non-hydrogen) atoms. The average Bonchev–Trinajstić information content (AvgIpc) is 2.67. The molecular weight excluding hydrogens is 389 g/mol. The molecule has 1 saturated heterocycles. The Labute approximate surface area is 161 Å². The molecule has 0 unspecified atom stereocenters. The summed E-state index contributed by atoms with van der Waals surface area (Å²) in [5, 5.41) is 2.49. The Morgan fingerprint density at radius 1 is 1.21 bits per heavy atom. The summed E-state index contributed by atoms with van der Waals surface area (Å²) < 4.78 is 46.5. The van der Waals surface area contributed by atoms with E-state index in [0.717, 1.165) is 16.8 Å². The van der Waals surface area contributed by atoms with Crippen LogP contribution in [0.1, 0.15) is 5.56 Å². The number of morpholine rings is 1. The van der Waals surface area contributed by atoms with Crippen molar-refractivity contribution in [3.8, 4) is 0 Å². The highest BCUT2D eigenvalue weighted by Gasteiger charge is 2.27. The molecule has 2 aromatic rings. The van der Waals surface area contributed by atoms with E-state index in [1.807, 2.05) is 0 Å². The maximum atomic E-state index is 13.6. The number of nitrogens with one attached hydrogen (secondary N) is 1. The Kier molecular flexibility index (Phi) is 5.92. The lowest BCUT2D eigenvalue weighted by molar-refractivity contribution is -0.116. The lowest BCUT2D eigenvalue weighted by atomic mass is 10.2. The summed E-state index contributed by atoms with van der Waals surface area (Å²) in [6.45, 7) is 2.24. The van der Waals surface area contributed by atoms with Crippen LogP contribution in [0.15, 0.2) is 46.2 Å². The van der Waals surface area contributed by atoms with Crippen LogP contribution >= 0.6 is 0 Å². The number of halogens is 1. The number of pyridine rings is 1. The van der Waals surface area contributed by atoms with Crippen molar-refractivity contribution in [2.24, 2.45) is 0 Å². The summed E-state index contributed by atoms with van der Waals surface area (Å²) >= 11 is 0. The smallest absolute Gasteiger partial charge is 0.251 e. The van der Waals surface area contributed by atoms with Crippen LogP contribution in [-0.4, -0.2) is 49.5 Å². The minimum Gasteiger partial charge on any atom is -0.379 e. The Balaban J connectivity index is 1.78. The van der Waals surface area contributed by atoms with Gasteiger partial charge < -0.3 is 14.6 Å². The van der Waals surface area contributed by atoms with Crippen molar-refractivity contribution in [1.82, 2.24) is 8.87 Å². The van der Waals surface area contributed by atoms with Crippen LogP contribution < -0.4 is 10.9 Å². The predicted octanol–water partition coefficient (Wildman–Crippen LogP) is 0.955. The third-order valence-electron chi connectivity index (χ3n) is 4.33. The highest BCUT2D eigenvalue weighted by atomic mass is 32.2. The number of hydrogen-bond donors (Lipinski definition) is 1. The summed E-state index contributed by atoms with van der Waals surface area (Å²) in [6.07, 6.45) is 1.14. The van der Waals surface area contributed by atoms with Crippen LogP contribution in [0.2, 0.25) is 0 Å². The number of sulfonamides is 1. The molecule has 0 bridgehead atoms. The molecule has 1 aromatic heterocycles. The summed E-state index contributed by atoms with van der Waals surface area (Å²) in [7, 11) is -3.79. The largest absolute Gasteiger partial charge is 0.379 e.